The maximum atomic E-state index is 4.93. The average Bonchev–Trinajstić information content (AvgIpc) is 3.58. The van der Waals surface area contributed by atoms with Gasteiger partial charge in [0.05, 0.1) is 11.0 Å². The summed E-state index contributed by atoms with van der Waals surface area (Å²) < 4.78 is 7.05. The van der Waals surface area contributed by atoms with Gasteiger partial charge in [0.1, 0.15) is 5.01 Å². The van der Waals surface area contributed by atoms with Crippen molar-refractivity contribution >= 4 is 33.3 Å². The van der Waals surface area contributed by atoms with E-state index in [9.17, 15) is 0 Å². The fourth-order valence-electron chi connectivity index (χ4n) is 4.91. The van der Waals surface area contributed by atoms with Gasteiger partial charge in [-0.3, -0.25) is 0 Å². The van der Waals surface area contributed by atoms with Gasteiger partial charge in [0.2, 0.25) is 0 Å². The maximum Gasteiger partial charge on any atom is 0.173 e. The lowest BCUT2D eigenvalue weighted by atomic mass is 10.0. The van der Waals surface area contributed by atoms with Crippen molar-refractivity contribution in [1.29, 1.82) is 0 Å². The van der Waals surface area contributed by atoms with Crippen molar-refractivity contribution in [3.63, 3.8) is 0 Å². The first-order valence-corrected chi connectivity index (χ1v) is 12.7. The summed E-state index contributed by atoms with van der Waals surface area (Å²) in [6, 6.07) is 44.6. The average molecular weight is 480 g/mol. The Morgan fingerprint density at radius 3 is 1.89 bits per heavy atom. The first kappa shape index (κ1) is 20.8. The van der Waals surface area contributed by atoms with Crippen LogP contribution in [0.15, 0.2) is 127 Å². The monoisotopic (exact) mass is 479 g/mol. The first-order valence-electron chi connectivity index (χ1n) is 11.9. The standard InChI is InChI=1S/C32H21N3S/c1-2-10-22(11-3-1)23-12-8-13-24(20-23)31-33-32(36-34-31)25-14-9-15-26(21-25)35-29-18-6-4-16-27(29)28-17-5-7-19-30(28)35/h1-21H. The van der Waals surface area contributed by atoms with Gasteiger partial charge < -0.3 is 4.57 Å². The highest BCUT2D eigenvalue weighted by Crippen LogP contribution is 2.34. The van der Waals surface area contributed by atoms with Crippen LogP contribution in [0.4, 0.5) is 0 Å². The summed E-state index contributed by atoms with van der Waals surface area (Å²) in [5.74, 6) is 0.759. The van der Waals surface area contributed by atoms with E-state index in [2.05, 4.69) is 126 Å². The van der Waals surface area contributed by atoms with Gasteiger partial charge in [-0.15, -0.1) is 0 Å². The molecule has 170 valence electrons. The fraction of sp³-hybridized carbons (Fsp3) is 0. The molecule has 7 aromatic rings. The lowest BCUT2D eigenvalue weighted by Gasteiger charge is -2.09. The number of fused-ring (bicyclic) bond motifs is 3. The lowest BCUT2D eigenvalue weighted by Crippen LogP contribution is -1.94. The van der Waals surface area contributed by atoms with Gasteiger partial charge in [0.15, 0.2) is 5.82 Å². The molecule has 2 heterocycles. The number of nitrogens with zero attached hydrogens (tertiary/aromatic N) is 3. The van der Waals surface area contributed by atoms with Crippen LogP contribution in [0.2, 0.25) is 0 Å². The van der Waals surface area contributed by atoms with Crippen LogP contribution in [0.5, 0.6) is 0 Å². The third-order valence-corrected chi connectivity index (χ3v) is 7.35. The van der Waals surface area contributed by atoms with Crippen LogP contribution in [0, 0.1) is 0 Å². The van der Waals surface area contributed by atoms with Gasteiger partial charge in [-0.2, -0.15) is 4.37 Å². The van der Waals surface area contributed by atoms with Gasteiger partial charge >= 0.3 is 0 Å². The van der Waals surface area contributed by atoms with Gasteiger partial charge in [0, 0.05) is 27.6 Å². The molecule has 0 spiro atoms. The third kappa shape index (κ3) is 3.51. The highest BCUT2D eigenvalue weighted by molar-refractivity contribution is 7.09. The molecule has 0 fully saturated rings. The van der Waals surface area contributed by atoms with Gasteiger partial charge in [0.25, 0.3) is 0 Å². The van der Waals surface area contributed by atoms with E-state index in [1.807, 2.05) is 6.07 Å². The molecule has 0 N–H and O–H groups in total. The number of hydrogen-bond donors (Lipinski definition) is 0. The molecule has 0 aliphatic rings. The van der Waals surface area contributed by atoms with Crippen molar-refractivity contribution in [2.75, 3.05) is 0 Å². The van der Waals surface area contributed by atoms with Gasteiger partial charge in [-0.25, -0.2) is 4.98 Å². The SMILES string of the molecule is c1ccc(-c2cccc(-c3nsc(-c4cccc(-n5c6ccccc6c6ccccc65)c4)n3)c2)cc1. The molecule has 0 saturated heterocycles. The number of para-hydroxylation sites is 2. The zero-order valence-electron chi connectivity index (χ0n) is 19.4. The molecule has 0 aliphatic heterocycles. The second-order valence-electron chi connectivity index (χ2n) is 8.79. The molecule has 2 aromatic heterocycles. The van der Waals surface area contributed by atoms with E-state index in [0.717, 1.165) is 33.2 Å². The zero-order valence-corrected chi connectivity index (χ0v) is 20.2. The molecular formula is C32H21N3S. The van der Waals surface area contributed by atoms with Crippen LogP contribution in [-0.2, 0) is 0 Å². The highest BCUT2D eigenvalue weighted by Gasteiger charge is 2.14. The summed E-state index contributed by atoms with van der Waals surface area (Å²) in [7, 11) is 0. The minimum atomic E-state index is 0.759. The second-order valence-corrected chi connectivity index (χ2v) is 9.54. The minimum Gasteiger partial charge on any atom is -0.309 e. The van der Waals surface area contributed by atoms with E-state index in [-0.39, 0.29) is 0 Å². The van der Waals surface area contributed by atoms with E-state index in [1.165, 1.54) is 38.9 Å². The van der Waals surface area contributed by atoms with Crippen LogP contribution in [0.1, 0.15) is 0 Å². The van der Waals surface area contributed by atoms with Crippen LogP contribution in [0.25, 0.3) is 60.6 Å². The summed E-state index contributed by atoms with van der Waals surface area (Å²) >= 11 is 1.44. The molecule has 4 heteroatoms. The predicted molar refractivity (Wildman–Crippen MR) is 151 cm³/mol. The van der Waals surface area contributed by atoms with Crippen LogP contribution < -0.4 is 0 Å². The summed E-state index contributed by atoms with van der Waals surface area (Å²) in [6.07, 6.45) is 0. The molecule has 0 amide bonds. The number of benzene rings is 5. The van der Waals surface area contributed by atoms with E-state index >= 15 is 0 Å². The quantitative estimate of drug-likeness (QED) is 0.253. The van der Waals surface area contributed by atoms with E-state index in [1.54, 1.807) is 0 Å². The molecule has 0 saturated carbocycles. The Morgan fingerprint density at radius 2 is 1.11 bits per heavy atom. The molecule has 3 nitrogen and oxygen atoms in total. The number of rotatable bonds is 4. The zero-order chi connectivity index (χ0) is 23.9. The van der Waals surface area contributed by atoms with Crippen molar-refractivity contribution in [2.45, 2.75) is 0 Å². The Morgan fingerprint density at radius 1 is 0.500 bits per heavy atom. The summed E-state index contributed by atoms with van der Waals surface area (Å²) in [6.45, 7) is 0. The first-order chi connectivity index (χ1) is 17.8. The summed E-state index contributed by atoms with van der Waals surface area (Å²) in [4.78, 5) is 4.93. The topological polar surface area (TPSA) is 30.7 Å². The Labute approximate surface area is 213 Å². The highest BCUT2D eigenvalue weighted by atomic mass is 32.1. The molecule has 0 bridgehead atoms. The molecule has 36 heavy (non-hydrogen) atoms. The fourth-order valence-corrected chi connectivity index (χ4v) is 5.58. The van der Waals surface area contributed by atoms with E-state index in [4.69, 9.17) is 9.36 Å². The Hall–Kier alpha value is -4.54. The van der Waals surface area contributed by atoms with Crippen molar-refractivity contribution in [1.82, 2.24) is 13.9 Å². The van der Waals surface area contributed by atoms with Crippen LogP contribution in [0.3, 0.4) is 0 Å². The molecule has 5 aromatic carbocycles. The van der Waals surface area contributed by atoms with E-state index in [0.29, 0.717) is 0 Å². The molecular weight excluding hydrogens is 458 g/mol. The molecule has 0 unspecified atom stereocenters. The smallest absolute Gasteiger partial charge is 0.173 e. The number of aromatic nitrogens is 3. The van der Waals surface area contributed by atoms with Crippen molar-refractivity contribution in [2.24, 2.45) is 0 Å². The Balaban J connectivity index is 1.30. The number of hydrogen-bond acceptors (Lipinski definition) is 3. The largest absolute Gasteiger partial charge is 0.309 e. The third-order valence-electron chi connectivity index (χ3n) is 6.59. The van der Waals surface area contributed by atoms with Crippen LogP contribution in [-0.4, -0.2) is 13.9 Å². The molecule has 7 rings (SSSR count). The predicted octanol–water partition coefficient (Wildman–Crippen LogP) is 8.64. The maximum absolute atomic E-state index is 4.93. The lowest BCUT2D eigenvalue weighted by molar-refractivity contribution is 1.18. The molecule has 0 radical (unpaired) electrons. The van der Waals surface area contributed by atoms with Crippen molar-refractivity contribution in [3.8, 4) is 38.8 Å². The summed E-state index contributed by atoms with van der Waals surface area (Å²) in [5.41, 5.74) is 7.96. The molecule has 0 atom stereocenters. The minimum absolute atomic E-state index is 0.759. The Bertz CT molecular complexity index is 1790. The van der Waals surface area contributed by atoms with E-state index < -0.39 is 0 Å². The van der Waals surface area contributed by atoms with Crippen molar-refractivity contribution in [3.05, 3.63) is 127 Å². The Kier molecular flexibility index (Phi) is 4.97. The van der Waals surface area contributed by atoms with Gasteiger partial charge in [-0.05, 0) is 53.0 Å². The van der Waals surface area contributed by atoms with Crippen LogP contribution >= 0.6 is 11.5 Å². The second kappa shape index (κ2) is 8.59. The summed E-state index contributed by atoms with van der Waals surface area (Å²) in [5, 5.41) is 3.43. The van der Waals surface area contributed by atoms with Crippen molar-refractivity contribution < 1.29 is 0 Å². The normalized spacial score (nSPS) is 11.3. The van der Waals surface area contributed by atoms with Gasteiger partial charge in [-0.1, -0.05) is 97.1 Å². The molecule has 0 aliphatic carbocycles.